The van der Waals surface area contributed by atoms with Crippen molar-refractivity contribution in [1.29, 1.82) is 5.26 Å². The summed E-state index contributed by atoms with van der Waals surface area (Å²) < 4.78 is 28.8. The van der Waals surface area contributed by atoms with E-state index in [0.717, 1.165) is 0 Å². The fourth-order valence-corrected chi connectivity index (χ4v) is 3.63. The van der Waals surface area contributed by atoms with Gasteiger partial charge in [-0.3, -0.25) is 4.79 Å². The SMILES string of the molecule is CC1(C)OB(c2ccc(Cl)c(C(=O)Nc3cc(C#N)nn3-c3ccccc3)c2F)OC1(C)C. The average Bonchev–Trinajstić information content (AvgIpc) is 3.25. The lowest BCUT2D eigenvalue weighted by atomic mass is 9.77. The number of hydrogen-bond acceptors (Lipinski definition) is 5. The number of nitriles is 1. The number of carbonyl (C=O) groups is 1. The Bertz CT molecular complexity index is 1250. The van der Waals surface area contributed by atoms with Gasteiger partial charge in [-0.25, -0.2) is 9.07 Å². The summed E-state index contributed by atoms with van der Waals surface area (Å²) in [5.74, 6) is -1.44. The molecule has 0 aliphatic carbocycles. The molecule has 1 saturated heterocycles. The molecule has 3 aromatic rings. The van der Waals surface area contributed by atoms with Crippen LogP contribution in [0.25, 0.3) is 5.69 Å². The molecular formula is C23H21BClFN4O3. The van der Waals surface area contributed by atoms with Gasteiger partial charge in [-0.2, -0.15) is 10.4 Å². The van der Waals surface area contributed by atoms with E-state index < -0.39 is 30.0 Å². The van der Waals surface area contributed by atoms with Crippen molar-refractivity contribution < 1.29 is 18.5 Å². The molecule has 168 valence electrons. The molecule has 1 amide bonds. The third-order valence-corrected chi connectivity index (χ3v) is 6.24. The highest BCUT2D eigenvalue weighted by molar-refractivity contribution is 6.62. The second-order valence-electron chi connectivity index (χ2n) is 8.64. The zero-order valence-corrected chi connectivity index (χ0v) is 19.3. The molecule has 0 bridgehead atoms. The molecule has 0 radical (unpaired) electrons. The van der Waals surface area contributed by atoms with Crippen LogP contribution in [0.2, 0.25) is 5.02 Å². The molecule has 0 saturated carbocycles. The highest BCUT2D eigenvalue weighted by Gasteiger charge is 2.52. The number of nitrogens with one attached hydrogen (secondary N) is 1. The first-order chi connectivity index (χ1) is 15.5. The number of amides is 1. The number of halogens is 2. The number of para-hydroxylation sites is 1. The van der Waals surface area contributed by atoms with Crippen molar-refractivity contribution in [2.24, 2.45) is 0 Å². The van der Waals surface area contributed by atoms with E-state index in [1.54, 1.807) is 24.3 Å². The summed E-state index contributed by atoms with van der Waals surface area (Å²) in [6, 6.07) is 15.1. The van der Waals surface area contributed by atoms with Crippen molar-refractivity contribution in [2.75, 3.05) is 5.32 Å². The molecule has 1 N–H and O–H groups in total. The summed E-state index contributed by atoms with van der Waals surface area (Å²) in [5, 5.41) is 16.0. The van der Waals surface area contributed by atoms with E-state index in [1.165, 1.54) is 22.9 Å². The Morgan fingerprint density at radius 3 is 2.39 bits per heavy atom. The maximum atomic E-state index is 15.6. The Balaban J connectivity index is 1.69. The van der Waals surface area contributed by atoms with Gasteiger partial charge in [0, 0.05) is 11.5 Å². The number of benzene rings is 2. The van der Waals surface area contributed by atoms with Crippen LogP contribution in [0.15, 0.2) is 48.5 Å². The van der Waals surface area contributed by atoms with Crippen LogP contribution in [0.5, 0.6) is 0 Å². The summed E-state index contributed by atoms with van der Waals surface area (Å²) >= 11 is 6.21. The van der Waals surface area contributed by atoms with E-state index in [9.17, 15) is 10.1 Å². The van der Waals surface area contributed by atoms with Crippen molar-refractivity contribution in [1.82, 2.24) is 9.78 Å². The van der Waals surface area contributed by atoms with Gasteiger partial charge in [0.1, 0.15) is 17.7 Å². The third kappa shape index (κ3) is 4.13. The van der Waals surface area contributed by atoms with Crippen LogP contribution < -0.4 is 10.8 Å². The molecule has 2 aromatic carbocycles. The summed E-state index contributed by atoms with van der Waals surface area (Å²) in [5.41, 5.74) is -0.941. The minimum absolute atomic E-state index is 0.0671. The highest BCUT2D eigenvalue weighted by atomic mass is 35.5. The summed E-state index contributed by atoms with van der Waals surface area (Å²) in [4.78, 5) is 13.1. The molecule has 2 heterocycles. The number of aromatic nitrogens is 2. The molecular weight excluding hydrogens is 446 g/mol. The minimum Gasteiger partial charge on any atom is -0.399 e. The first-order valence-electron chi connectivity index (χ1n) is 10.2. The van der Waals surface area contributed by atoms with Crippen LogP contribution in [0.3, 0.4) is 0 Å². The molecule has 0 atom stereocenters. The smallest absolute Gasteiger partial charge is 0.399 e. The van der Waals surface area contributed by atoms with Crippen molar-refractivity contribution >= 4 is 35.9 Å². The largest absolute Gasteiger partial charge is 0.497 e. The molecule has 10 heteroatoms. The third-order valence-electron chi connectivity index (χ3n) is 5.92. The van der Waals surface area contributed by atoms with Gasteiger partial charge >= 0.3 is 7.12 Å². The van der Waals surface area contributed by atoms with Crippen molar-refractivity contribution in [3.05, 3.63) is 70.6 Å². The number of hydrogen-bond donors (Lipinski definition) is 1. The molecule has 1 aromatic heterocycles. The quantitative estimate of drug-likeness (QED) is 0.585. The summed E-state index contributed by atoms with van der Waals surface area (Å²) in [6.07, 6.45) is 0. The van der Waals surface area contributed by atoms with Crippen molar-refractivity contribution in [2.45, 2.75) is 38.9 Å². The summed E-state index contributed by atoms with van der Waals surface area (Å²) in [6.45, 7) is 7.41. The number of nitrogens with zero attached hydrogens (tertiary/aromatic N) is 3. The van der Waals surface area contributed by atoms with E-state index in [4.69, 9.17) is 20.9 Å². The molecule has 0 spiro atoms. The number of carbonyl (C=O) groups excluding carboxylic acids is 1. The lowest BCUT2D eigenvalue weighted by molar-refractivity contribution is 0.00578. The fraction of sp³-hybridized carbons (Fsp3) is 0.261. The predicted molar refractivity (Wildman–Crippen MR) is 123 cm³/mol. The second kappa shape index (κ2) is 8.30. The molecule has 4 rings (SSSR count). The Morgan fingerprint density at radius 2 is 1.79 bits per heavy atom. The van der Waals surface area contributed by atoms with E-state index in [-0.39, 0.29) is 27.6 Å². The lowest BCUT2D eigenvalue weighted by Gasteiger charge is -2.32. The van der Waals surface area contributed by atoms with Gasteiger partial charge < -0.3 is 14.6 Å². The van der Waals surface area contributed by atoms with Crippen LogP contribution in [-0.4, -0.2) is 34.0 Å². The van der Waals surface area contributed by atoms with Crippen LogP contribution in [0.4, 0.5) is 10.2 Å². The topological polar surface area (TPSA) is 89.2 Å². The lowest BCUT2D eigenvalue weighted by Crippen LogP contribution is -2.41. The molecule has 33 heavy (non-hydrogen) atoms. The Morgan fingerprint density at radius 1 is 1.15 bits per heavy atom. The van der Waals surface area contributed by atoms with Crippen molar-refractivity contribution in [3.8, 4) is 11.8 Å². The van der Waals surface area contributed by atoms with E-state index in [0.29, 0.717) is 5.69 Å². The summed E-state index contributed by atoms with van der Waals surface area (Å²) in [7, 11) is -1.00. The normalized spacial score (nSPS) is 16.5. The molecule has 1 aliphatic rings. The van der Waals surface area contributed by atoms with Gasteiger partial charge in [0.25, 0.3) is 5.91 Å². The van der Waals surface area contributed by atoms with Crippen LogP contribution in [0.1, 0.15) is 43.7 Å². The second-order valence-corrected chi connectivity index (χ2v) is 9.05. The van der Waals surface area contributed by atoms with Crippen molar-refractivity contribution in [3.63, 3.8) is 0 Å². The first kappa shape index (κ1) is 23.0. The van der Waals surface area contributed by atoms with Gasteiger partial charge in [-0.15, -0.1) is 0 Å². The minimum atomic E-state index is -1.00. The zero-order valence-electron chi connectivity index (χ0n) is 18.5. The Kier molecular flexibility index (Phi) is 5.78. The molecule has 7 nitrogen and oxygen atoms in total. The number of rotatable bonds is 4. The van der Waals surface area contributed by atoms with E-state index in [2.05, 4.69) is 10.4 Å². The number of anilines is 1. The molecule has 1 fully saturated rings. The highest BCUT2D eigenvalue weighted by Crippen LogP contribution is 2.37. The first-order valence-corrected chi connectivity index (χ1v) is 10.6. The Labute approximate surface area is 196 Å². The monoisotopic (exact) mass is 466 g/mol. The average molecular weight is 467 g/mol. The van der Waals surface area contributed by atoms with Gasteiger partial charge in [-0.1, -0.05) is 35.9 Å². The van der Waals surface area contributed by atoms with Gasteiger partial charge in [0.2, 0.25) is 0 Å². The van der Waals surface area contributed by atoms with Gasteiger partial charge in [0.05, 0.1) is 27.5 Å². The van der Waals surface area contributed by atoms with Gasteiger partial charge in [0.15, 0.2) is 5.69 Å². The maximum Gasteiger partial charge on any atom is 0.497 e. The fourth-order valence-electron chi connectivity index (χ4n) is 3.40. The van der Waals surface area contributed by atoms with Crippen LogP contribution >= 0.6 is 11.6 Å². The maximum absolute atomic E-state index is 15.6. The van der Waals surface area contributed by atoms with Gasteiger partial charge in [-0.05, 0) is 45.9 Å². The Hall–Kier alpha value is -3.19. The molecule has 1 aliphatic heterocycles. The standard InChI is InChI=1S/C23H21BClFN4O3/c1-22(2)23(3,4)33-24(32-22)16-10-11-17(25)19(20(16)26)21(31)28-18-12-14(13-27)29-30(18)15-8-6-5-7-9-15/h5-12H,1-4H3,(H,28,31). The van der Waals surface area contributed by atoms with Crippen LogP contribution in [-0.2, 0) is 9.31 Å². The van der Waals surface area contributed by atoms with E-state index >= 15 is 4.39 Å². The van der Waals surface area contributed by atoms with E-state index in [1.807, 2.05) is 39.8 Å². The zero-order chi connectivity index (χ0) is 24.0. The van der Waals surface area contributed by atoms with Crippen LogP contribution in [0, 0.1) is 17.1 Å². The molecule has 0 unspecified atom stereocenters. The predicted octanol–water partition coefficient (Wildman–Crippen LogP) is 4.09.